The second-order valence-electron chi connectivity index (χ2n) is 7.64. The average molecular weight is 423 g/mol. The smallest absolute Gasteiger partial charge is 0.142 e. The number of hydrogen-bond donors (Lipinski definition) is 0. The number of fused-ring (bicyclic) bond motifs is 4. The monoisotopic (exact) mass is 422 g/mol. The van der Waals surface area contributed by atoms with Crippen molar-refractivity contribution in [2.45, 2.75) is 13.5 Å². The van der Waals surface area contributed by atoms with E-state index in [1.165, 1.54) is 32.3 Å². The van der Waals surface area contributed by atoms with Crippen LogP contribution < -0.4 is 0 Å². The fraction of sp³-hybridized carbons (Fsp3) is 0.0741. The number of rotatable bonds is 3. The third-order valence-corrected chi connectivity index (χ3v) is 7.10. The summed E-state index contributed by atoms with van der Waals surface area (Å²) in [6, 6.07) is 27.9. The van der Waals surface area contributed by atoms with E-state index in [1.807, 2.05) is 18.2 Å². The molecule has 0 aliphatic heterocycles. The first-order valence-electron chi connectivity index (χ1n) is 10.4. The van der Waals surface area contributed by atoms with Crippen molar-refractivity contribution in [3.05, 3.63) is 90.7 Å². The lowest BCUT2D eigenvalue weighted by Gasteiger charge is -2.11. The summed E-state index contributed by atoms with van der Waals surface area (Å²) in [7, 11) is 0. The van der Waals surface area contributed by atoms with Crippen molar-refractivity contribution in [3.8, 4) is 22.5 Å². The Kier molecular flexibility index (Phi) is 4.15. The number of imidazole rings is 1. The molecule has 0 saturated carbocycles. The van der Waals surface area contributed by atoms with Crippen LogP contribution in [0.25, 0.3) is 53.7 Å². The number of para-hydroxylation sites is 2. The minimum absolute atomic E-state index is 0.219. The zero-order valence-electron chi connectivity index (χ0n) is 17.0. The highest BCUT2D eigenvalue weighted by Crippen LogP contribution is 2.44. The van der Waals surface area contributed by atoms with E-state index in [0.29, 0.717) is 0 Å². The Labute approximate surface area is 183 Å². The van der Waals surface area contributed by atoms with Crippen LogP contribution in [-0.4, -0.2) is 9.55 Å². The fourth-order valence-corrected chi connectivity index (χ4v) is 5.71. The molecule has 0 radical (unpaired) electrons. The minimum Gasteiger partial charge on any atom is -0.324 e. The maximum atomic E-state index is 13.6. The Hall–Kier alpha value is -3.50. The number of nitrogens with zero attached hydrogens (tertiary/aromatic N) is 2. The Balaban J connectivity index is 1.72. The third kappa shape index (κ3) is 2.79. The molecule has 0 atom stereocenters. The van der Waals surface area contributed by atoms with Gasteiger partial charge >= 0.3 is 0 Å². The number of aryl methyl sites for hydroxylation is 1. The summed E-state index contributed by atoms with van der Waals surface area (Å²) in [5.74, 6) is 0.773. The van der Waals surface area contributed by atoms with Crippen LogP contribution in [0.15, 0.2) is 84.9 Å². The molecule has 0 fully saturated rings. The van der Waals surface area contributed by atoms with Gasteiger partial charge in [-0.25, -0.2) is 9.37 Å². The van der Waals surface area contributed by atoms with Crippen LogP contribution in [0.2, 0.25) is 0 Å². The molecule has 4 aromatic carbocycles. The summed E-state index contributed by atoms with van der Waals surface area (Å²) in [5, 5.41) is 2.43. The quantitative estimate of drug-likeness (QED) is 0.283. The predicted molar refractivity (Wildman–Crippen MR) is 129 cm³/mol. The molecule has 0 unspecified atom stereocenters. The van der Waals surface area contributed by atoms with Crippen molar-refractivity contribution in [2.24, 2.45) is 0 Å². The molecule has 4 heteroatoms. The number of thiophene rings is 1. The molecule has 0 amide bonds. The number of benzene rings is 4. The van der Waals surface area contributed by atoms with Gasteiger partial charge in [0.05, 0.1) is 11.0 Å². The van der Waals surface area contributed by atoms with Crippen LogP contribution in [0.3, 0.4) is 0 Å². The summed E-state index contributed by atoms with van der Waals surface area (Å²) in [6.45, 7) is 3.01. The molecule has 0 aliphatic rings. The lowest BCUT2D eigenvalue weighted by atomic mass is 9.97. The normalized spacial score (nSPS) is 11.7. The van der Waals surface area contributed by atoms with Crippen LogP contribution in [0.5, 0.6) is 0 Å². The first-order valence-corrected chi connectivity index (χ1v) is 11.2. The largest absolute Gasteiger partial charge is 0.324 e. The fourth-order valence-electron chi connectivity index (χ4n) is 4.48. The van der Waals surface area contributed by atoms with Gasteiger partial charge in [0.1, 0.15) is 11.6 Å². The Morgan fingerprint density at radius 2 is 1.58 bits per heavy atom. The van der Waals surface area contributed by atoms with Gasteiger partial charge in [-0.2, -0.15) is 0 Å². The standard InChI is InChI=1S/C27H19FN2S/c1-2-30-23-9-5-4-8-22(23)29-27(30)21-16-15-19(17-11-13-18(28)14-12-17)25-20-7-3-6-10-24(20)31-26(21)25/h3-16H,2H2,1H3. The van der Waals surface area contributed by atoms with Gasteiger partial charge in [0.25, 0.3) is 0 Å². The second-order valence-corrected chi connectivity index (χ2v) is 8.69. The van der Waals surface area contributed by atoms with Crippen molar-refractivity contribution in [3.63, 3.8) is 0 Å². The van der Waals surface area contributed by atoms with Crippen molar-refractivity contribution >= 4 is 42.5 Å². The SMILES string of the molecule is CCn1c(-c2ccc(-c3ccc(F)cc3)c3c2sc2ccccc23)nc2ccccc21. The number of aromatic nitrogens is 2. The van der Waals surface area contributed by atoms with E-state index in [0.717, 1.165) is 40.1 Å². The van der Waals surface area contributed by atoms with E-state index in [9.17, 15) is 4.39 Å². The van der Waals surface area contributed by atoms with E-state index in [-0.39, 0.29) is 5.82 Å². The third-order valence-electron chi connectivity index (χ3n) is 5.89. The molecule has 150 valence electrons. The summed E-state index contributed by atoms with van der Waals surface area (Å²) < 4.78 is 18.3. The molecule has 2 nitrogen and oxygen atoms in total. The first kappa shape index (κ1) is 18.3. The van der Waals surface area contributed by atoms with Gasteiger partial charge in [-0.05, 0) is 54.4 Å². The summed E-state index contributed by atoms with van der Waals surface area (Å²) in [4.78, 5) is 5.01. The molecule has 2 heterocycles. The maximum absolute atomic E-state index is 13.6. The van der Waals surface area contributed by atoms with E-state index in [2.05, 4.69) is 66.1 Å². The van der Waals surface area contributed by atoms with Gasteiger partial charge in [-0.3, -0.25) is 0 Å². The summed E-state index contributed by atoms with van der Waals surface area (Å²) >= 11 is 1.80. The molecule has 0 bridgehead atoms. The highest BCUT2D eigenvalue weighted by atomic mass is 32.1. The number of hydrogen-bond acceptors (Lipinski definition) is 2. The first-order chi connectivity index (χ1) is 15.2. The molecule has 0 spiro atoms. The lowest BCUT2D eigenvalue weighted by molar-refractivity contribution is 0.628. The molecule has 2 aromatic heterocycles. The topological polar surface area (TPSA) is 17.8 Å². The van der Waals surface area contributed by atoms with E-state index >= 15 is 0 Å². The molecule has 6 aromatic rings. The van der Waals surface area contributed by atoms with Gasteiger partial charge < -0.3 is 4.57 Å². The van der Waals surface area contributed by atoms with E-state index in [4.69, 9.17) is 4.98 Å². The van der Waals surface area contributed by atoms with Crippen molar-refractivity contribution in [1.29, 1.82) is 0 Å². The van der Waals surface area contributed by atoms with Crippen molar-refractivity contribution < 1.29 is 4.39 Å². The van der Waals surface area contributed by atoms with Crippen LogP contribution >= 0.6 is 11.3 Å². The highest BCUT2D eigenvalue weighted by molar-refractivity contribution is 7.26. The van der Waals surface area contributed by atoms with Crippen molar-refractivity contribution in [2.75, 3.05) is 0 Å². The van der Waals surface area contributed by atoms with E-state index < -0.39 is 0 Å². The molecular weight excluding hydrogens is 403 g/mol. The van der Waals surface area contributed by atoms with Gasteiger partial charge in [-0.15, -0.1) is 11.3 Å². The molecule has 31 heavy (non-hydrogen) atoms. The zero-order chi connectivity index (χ0) is 20.9. The number of halogens is 1. The Morgan fingerprint density at radius 3 is 2.42 bits per heavy atom. The predicted octanol–water partition coefficient (Wildman–Crippen LogP) is 7.90. The van der Waals surface area contributed by atoms with Gasteiger partial charge in [0.2, 0.25) is 0 Å². The molecule has 6 rings (SSSR count). The molecule has 0 aliphatic carbocycles. The molecular formula is C27H19FN2S. The van der Waals surface area contributed by atoms with Gasteiger partial charge in [0.15, 0.2) is 0 Å². The average Bonchev–Trinajstić information content (AvgIpc) is 3.38. The van der Waals surface area contributed by atoms with Crippen LogP contribution in [0.4, 0.5) is 4.39 Å². The Morgan fingerprint density at radius 1 is 0.839 bits per heavy atom. The van der Waals surface area contributed by atoms with Crippen molar-refractivity contribution in [1.82, 2.24) is 9.55 Å². The summed E-state index contributed by atoms with van der Waals surface area (Å²) in [6.07, 6.45) is 0. The minimum atomic E-state index is -0.219. The lowest BCUT2D eigenvalue weighted by Crippen LogP contribution is -1.97. The van der Waals surface area contributed by atoms with Gasteiger partial charge in [-0.1, -0.05) is 48.5 Å². The molecule has 0 saturated heterocycles. The van der Waals surface area contributed by atoms with E-state index in [1.54, 1.807) is 11.3 Å². The van der Waals surface area contributed by atoms with Gasteiger partial charge in [0, 0.05) is 32.3 Å². The van der Waals surface area contributed by atoms with Crippen LogP contribution in [0, 0.1) is 5.82 Å². The zero-order valence-corrected chi connectivity index (χ0v) is 17.8. The highest BCUT2D eigenvalue weighted by Gasteiger charge is 2.19. The maximum Gasteiger partial charge on any atom is 0.142 e. The van der Waals surface area contributed by atoms with Crippen LogP contribution in [0.1, 0.15) is 6.92 Å². The second kappa shape index (κ2) is 7.03. The molecule has 0 N–H and O–H groups in total. The van der Waals surface area contributed by atoms with Crippen LogP contribution in [-0.2, 0) is 6.54 Å². The Bertz CT molecular complexity index is 1570. The summed E-state index contributed by atoms with van der Waals surface area (Å²) in [5.41, 5.74) is 5.44.